The lowest BCUT2D eigenvalue weighted by molar-refractivity contribution is 0.436. The second-order valence-corrected chi connectivity index (χ2v) is 12.0. The Labute approximate surface area is 240 Å². The number of para-hydroxylation sites is 1. The maximum atomic E-state index is 6.67. The molecular formula is C40H28O. The first-order chi connectivity index (χ1) is 20.1. The Bertz CT molecular complexity index is 2020. The van der Waals surface area contributed by atoms with E-state index in [0.717, 1.165) is 11.5 Å². The smallest absolute Gasteiger partial charge is 0.132 e. The fourth-order valence-electron chi connectivity index (χ4n) is 8.11. The van der Waals surface area contributed by atoms with Crippen LogP contribution in [0, 0.1) is 0 Å². The van der Waals surface area contributed by atoms with Gasteiger partial charge in [0.05, 0.1) is 5.41 Å². The van der Waals surface area contributed by atoms with Crippen molar-refractivity contribution >= 4 is 0 Å². The molecule has 2 aliphatic carbocycles. The molecule has 1 nitrogen and oxygen atoms in total. The predicted octanol–water partition coefficient (Wildman–Crippen LogP) is 10.1. The molecular weight excluding hydrogens is 496 g/mol. The first kappa shape index (κ1) is 22.9. The minimum atomic E-state index is -0.455. The van der Waals surface area contributed by atoms with E-state index in [-0.39, 0.29) is 5.41 Å². The number of benzene rings is 6. The highest BCUT2D eigenvalue weighted by Gasteiger charge is 2.51. The third-order valence-corrected chi connectivity index (χ3v) is 9.74. The lowest BCUT2D eigenvalue weighted by Gasteiger charge is -2.39. The molecule has 6 aromatic rings. The number of hydrogen-bond acceptors (Lipinski definition) is 1. The van der Waals surface area contributed by atoms with Crippen LogP contribution < -0.4 is 4.74 Å². The molecule has 1 heterocycles. The number of rotatable bonds is 1. The maximum Gasteiger partial charge on any atom is 0.132 e. The van der Waals surface area contributed by atoms with Crippen molar-refractivity contribution in [2.75, 3.05) is 0 Å². The van der Waals surface area contributed by atoms with Gasteiger partial charge in [-0.1, -0.05) is 129 Å². The van der Waals surface area contributed by atoms with Gasteiger partial charge in [-0.3, -0.25) is 0 Å². The molecule has 0 fully saturated rings. The summed E-state index contributed by atoms with van der Waals surface area (Å²) in [6, 6.07) is 49.0. The van der Waals surface area contributed by atoms with Crippen molar-refractivity contribution in [2.45, 2.75) is 24.7 Å². The van der Waals surface area contributed by atoms with E-state index < -0.39 is 5.41 Å². The monoisotopic (exact) mass is 524 g/mol. The van der Waals surface area contributed by atoms with Gasteiger partial charge in [0.2, 0.25) is 0 Å². The fraction of sp³-hybridized carbons (Fsp3) is 0.100. The van der Waals surface area contributed by atoms with E-state index in [1.54, 1.807) is 0 Å². The lowest BCUT2D eigenvalue weighted by atomic mass is 9.65. The van der Waals surface area contributed by atoms with Gasteiger partial charge in [0.15, 0.2) is 0 Å². The van der Waals surface area contributed by atoms with Gasteiger partial charge in [-0.15, -0.1) is 0 Å². The van der Waals surface area contributed by atoms with Crippen LogP contribution in [0.5, 0.6) is 11.5 Å². The van der Waals surface area contributed by atoms with Gasteiger partial charge in [-0.2, -0.15) is 0 Å². The fourth-order valence-corrected chi connectivity index (χ4v) is 8.11. The number of hydrogen-bond donors (Lipinski definition) is 0. The molecule has 0 bridgehead atoms. The maximum absolute atomic E-state index is 6.67. The molecule has 0 N–H and O–H groups in total. The van der Waals surface area contributed by atoms with Crippen LogP contribution in [-0.2, 0) is 10.8 Å². The molecule has 0 saturated heterocycles. The lowest BCUT2D eigenvalue weighted by Crippen LogP contribution is -2.32. The highest BCUT2D eigenvalue weighted by Crippen LogP contribution is 2.62. The van der Waals surface area contributed by atoms with Crippen LogP contribution in [0.4, 0.5) is 0 Å². The second-order valence-electron chi connectivity index (χ2n) is 12.0. The van der Waals surface area contributed by atoms with Crippen LogP contribution in [0.3, 0.4) is 0 Å². The van der Waals surface area contributed by atoms with Gasteiger partial charge in [0.25, 0.3) is 0 Å². The van der Waals surface area contributed by atoms with E-state index in [4.69, 9.17) is 4.74 Å². The summed E-state index contributed by atoms with van der Waals surface area (Å²) in [6.07, 6.45) is 0. The van der Waals surface area contributed by atoms with Crippen LogP contribution in [0.1, 0.15) is 47.2 Å². The quantitative estimate of drug-likeness (QED) is 0.208. The Morgan fingerprint density at radius 2 is 0.927 bits per heavy atom. The van der Waals surface area contributed by atoms with Crippen LogP contribution in [0.2, 0.25) is 0 Å². The Morgan fingerprint density at radius 1 is 0.415 bits per heavy atom. The molecule has 41 heavy (non-hydrogen) atoms. The molecule has 0 unspecified atom stereocenters. The Kier molecular flexibility index (Phi) is 4.39. The largest absolute Gasteiger partial charge is 0.457 e. The average Bonchev–Trinajstić information content (AvgIpc) is 3.44. The van der Waals surface area contributed by atoms with Crippen LogP contribution in [0.25, 0.3) is 33.4 Å². The Morgan fingerprint density at radius 3 is 1.63 bits per heavy atom. The summed E-state index contributed by atoms with van der Waals surface area (Å²) in [7, 11) is 0. The zero-order chi connectivity index (χ0) is 27.3. The molecule has 0 atom stereocenters. The van der Waals surface area contributed by atoms with Gasteiger partial charge < -0.3 is 4.74 Å². The Hall–Kier alpha value is -4.88. The predicted molar refractivity (Wildman–Crippen MR) is 167 cm³/mol. The van der Waals surface area contributed by atoms with Crippen molar-refractivity contribution in [1.29, 1.82) is 0 Å². The van der Waals surface area contributed by atoms with Crippen molar-refractivity contribution in [1.82, 2.24) is 0 Å². The summed E-state index contributed by atoms with van der Waals surface area (Å²) >= 11 is 0. The van der Waals surface area contributed by atoms with E-state index in [0.29, 0.717) is 0 Å². The standard InChI is InChI=1S/C40H28O/c1-39(2)31-17-6-3-14-29(31)30-16-11-15-26(38(30)39)25-22-23-37-35(24-25)40(34-20-9-10-21-36(34)41-37)32-18-7-4-12-27(32)28-13-5-8-19-33(28)40/h3-24H,1-2H3. The van der Waals surface area contributed by atoms with Gasteiger partial charge in [-0.05, 0) is 73.8 Å². The Balaban J connectivity index is 1.36. The topological polar surface area (TPSA) is 9.23 Å². The van der Waals surface area contributed by atoms with E-state index in [1.807, 2.05) is 0 Å². The zero-order valence-corrected chi connectivity index (χ0v) is 23.1. The SMILES string of the molecule is CC1(C)c2ccccc2-c2cccc(-c3ccc4c(c3)C3(c5ccccc5O4)c4ccccc4-c4ccccc43)c21. The van der Waals surface area contributed by atoms with Crippen LogP contribution in [0.15, 0.2) is 133 Å². The van der Waals surface area contributed by atoms with Gasteiger partial charge in [0.1, 0.15) is 11.5 Å². The molecule has 0 radical (unpaired) electrons. The van der Waals surface area contributed by atoms with Crippen LogP contribution >= 0.6 is 0 Å². The summed E-state index contributed by atoms with van der Waals surface area (Å²) in [4.78, 5) is 0. The minimum Gasteiger partial charge on any atom is -0.457 e. The third-order valence-electron chi connectivity index (χ3n) is 9.74. The first-order valence-corrected chi connectivity index (χ1v) is 14.4. The minimum absolute atomic E-state index is 0.0915. The average molecular weight is 525 g/mol. The van der Waals surface area contributed by atoms with E-state index in [9.17, 15) is 0 Å². The van der Waals surface area contributed by atoms with Gasteiger partial charge in [-0.25, -0.2) is 0 Å². The third kappa shape index (κ3) is 2.76. The molecule has 0 aromatic heterocycles. The molecule has 9 rings (SSSR count). The molecule has 3 aliphatic rings. The van der Waals surface area contributed by atoms with Crippen molar-refractivity contribution in [2.24, 2.45) is 0 Å². The molecule has 194 valence electrons. The van der Waals surface area contributed by atoms with E-state index >= 15 is 0 Å². The summed E-state index contributed by atoms with van der Waals surface area (Å²) in [5.74, 6) is 1.85. The molecule has 1 aliphatic heterocycles. The van der Waals surface area contributed by atoms with Gasteiger partial charge >= 0.3 is 0 Å². The highest BCUT2D eigenvalue weighted by molar-refractivity contribution is 5.91. The first-order valence-electron chi connectivity index (χ1n) is 14.4. The normalized spacial score (nSPS) is 15.7. The highest BCUT2D eigenvalue weighted by atomic mass is 16.5. The van der Waals surface area contributed by atoms with Crippen LogP contribution in [-0.4, -0.2) is 0 Å². The van der Waals surface area contributed by atoms with Crippen molar-refractivity contribution in [3.63, 3.8) is 0 Å². The molecule has 6 aromatic carbocycles. The number of fused-ring (bicyclic) bond motifs is 12. The molecule has 1 spiro atoms. The van der Waals surface area contributed by atoms with Crippen molar-refractivity contribution < 1.29 is 4.74 Å². The second kappa shape index (κ2) is 7.86. The van der Waals surface area contributed by atoms with Crippen molar-refractivity contribution in [3.8, 4) is 44.9 Å². The van der Waals surface area contributed by atoms with Crippen molar-refractivity contribution in [3.05, 3.63) is 167 Å². The molecule has 0 saturated carbocycles. The zero-order valence-electron chi connectivity index (χ0n) is 23.1. The number of ether oxygens (including phenoxy) is 1. The molecule has 0 amide bonds. The summed E-state index contributed by atoms with van der Waals surface area (Å²) < 4.78 is 6.67. The molecule has 1 heteroatoms. The van der Waals surface area contributed by atoms with E-state index in [2.05, 4.69) is 147 Å². The van der Waals surface area contributed by atoms with E-state index in [1.165, 1.54) is 66.8 Å². The summed E-state index contributed by atoms with van der Waals surface area (Å²) in [6.45, 7) is 4.73. The summed E-state index contributed by atoms with van der Waals surface area (Å²) in [5.41, 5.74) is 15.1. The summed E-state index contributed by atoms with van der Waals surface area (Å²) in [5, 5.41) is 0. The van der Waals surface area contributed by atoms with Gasteiger partial charge in [0, 0.05) is 16.5 Å².